The summed E-state index contributed by atoms with van der Waals surface area (Å²) in [6, 6.07) is 0. The van der Waals surface area contributed by atoms with Crippen LogP contribution in [0.2, 0.25) is 0 Å². The molecule has 0 aromatic heterocycles. The lowest BCUT2D eigenvalue weighted by Gasteiger charge is -2.38. The lowest BCUT2D eigenvalue weighted by Crippen LogP contribution is -2.58. The van der Waals surface area contributed by atoms with Crippen molar-refractivity contribution in [3.63, 3.8) is 0 Å². The summed E-state index contributed by atoms with van der Waals surface area (Å²) in [5, 5.41) is 47.8. The molecule has 0 amide bonds. The van der Waals surface area contributed by atoms with Crippen molar-refractivity contribution in [1.29, 1.82) is 0 Å². The molecule has 0 saturated carbocycles. The predicted molar refractivity (Wildman–Crippen MR) is 83.5 cm³/mol. The molecule has 0 aromatic carbocycles. The zero-order valence-electron chi connectivity index (χ0n) is 13.9. The van der Waals surface area contributed by atoms with Gasteiger partial charge in [-0.25, -0.2) is 0 Å². The quantitative estimate of drug-likeness (QED) is 0.271. The first-order valence-electron chi connectivity index (χ1n) is 8.64. The fourth-order valence-corrected chi connectivity index (χ4v) is 2.63. The molecule has 1 fully saturated rings. The molecule has 0 aliphatic carbocycles. The average molecular weight is 336 g/mol. The van der Waals surface area contributed by atoms with Gasteiger partial charge in [0.2, 0.25) is 0 Å². The highest BCUT2D eigenvalue weighted by molar-refractivity contribution is 4.88. The molecule has 0 spiro atoms. The third kappa shape index (κ3) is 7.43. The molecule has 6 atom stereocenters. The zero-order chi connectivity index (χ0) is 17.2. The zero-order valence-corrected chi connectivity index (χ0v) is 13.9. The fourth-order valence-electron chi connectivity index (χ4n) is 2.63. The topological polar surface area (TPSA) is 120 Å². The predicted octanol–water partition coefficient (Wildman–Crippen LogP) is 0.262. The van der Waals surface area contributed by atoms with Crippen LogP contribution in [0.3, 0.4) is 0 Å². The molecule has 1 rings (SSSR count). The minimum atomic E-state index is -1.58. The van der Waals surface area contributed by atoms with E-state index in [-0.39, 0.29) is 6.61 Å². The van der Waals surface area contributed by atoms with Crippen LogP contribution in [-0.4, -0.2) is 69.1 Å². The van der Waals surface area contributed by atoms with E-state index >= 15 is 0 Å². The van der Waals surface area contributed by atoms with Gasteiger partial charge in [0.1, 0.15) is 24.4 Å². The molecule has 0 radical (unpaired) electrons. The molecule has 7 nitrogen and oxygen atoms in total. The van der Waals surface area contributed by atoms with Gasteiger partial charge < -0.3 is 35.0 Å². The largest absolute Gasteiger partial charge is 0.387 e. The van der Waals surface area contributed by atoms with Crippen LogP contribution < -0.4 is 0 Å². The number of unbranched alkanes of at least 4 members (excludes halogenated alkanes) is 6. The Kier molecular flexibility index (Phi) is 10.2. The van der Waals surface area contributed by atoms with Crippen molar-refractivity contribution in [3.8, 4) is 0 Å². The van der Waals surface area contributed by atoms with Crippen molar-refractivity contribution >= 4 is 0 Å². The van der Waals surface area contributed by atoms with Gasteiger partial charge in [-0.3, -0.25) is 0 Å². The summed E-state index contributed by atoms with van der Waals surface area (Å²) >= 11 is 0. The first-order valence-corrected chi connectivity index (χ1v) is 8.64. The summed E-state index contributed by atoms with van der Waals surface area (Å²) in [7, 11) is 0. The van der Waals surface area contributed by atoms with Gasteiger partial charge in [0.15, 0.2) is 12.6 Å². The van der Waals surface area contributed by atoms with E-state index in [1.807, 2.05) is 0 Å². The molecule has 7 heteroatoms. The van der Waals surface area contributed by atoms with E-state index in [2.05, 4.69) is 6.92 Å². The van der Waals surface area contributed by atoms with Crippen molar-refractivity contribution in [1.82, 2.24) is 0 Å². The van der Waals surface area contributed by atoms with Crippen molar-refractivity contribution in [3.05, 3.63) is 0 Å². The van der Waals surface area contributed by atoms with Gasteiger partial charge in [0.25, 0.3) is 0 Å². The summed E-state index contributed by atoms with van der Waals surface area (Å²) in [5.74, 6) is 0. The van der Waals surface area contributed by atoms with E-state index in [4.69, 9.17) is 9.47 Å². The average Bonchev–Trinajstić information content (AvgIpc) is 2.54. The third-order valence-electron chi connectivity index (χ3n) is 4.19. The number of hydrogen-bond acceptors (Lipinski definition) is 7. The molecule has 1 heterocycles. The van der Waals surface area contributed by atoms with E-state index in [0.717, 1.165) is 19.3 Å². The number of aliphatic hydroxyl groups excluding tert-OH is 5. The van der Waals surface area contributed by atoms with E-state index in [0.29, 0.717) is 6.42 Å². The Morgan fingerprint density at radius 1 is 0.870 bits per heavy atom. The molecule has 5 N–H and O–H groups in total. The molecule has 0 bridgehead atoms. The number of hydrogen-bond donors (Lipinski definition) is 5. The van der Waals surface area contributed by atoms with Gasteiger partial charge in [-0.15, -0.1) is 0 Å². The summed E-state index contributed by atoms with van der Waals surface area (Å²) in [6.07, 6.45) is 0.500. The van der Waals surface area contributed by atoms with Gasteiger partial charge in [0, 0.05) is 0 Å². The minimum Gasteiger partial charge on any atom is -0.387 e. The highest BCUT2D eigenvalue weighted by Gasteiger charge is 2.43. The minimum absolute atomic E-state index is 0.167. The van der Waals surface area contributed by atoms with Gasteiger partial charge in [0.05, 0.1) is 6.61 Å². The Hall–Kier alpha value is -0.280. The molecular formula is C16H32O7. The maximum Gasteiger partial charge on any atom is 0.184 e. The van der Waals surface area contributed by atoms with Crippen molar-refractivity contribution in [2.75, 3.05) is 6.61 Å². The Bertz CT molecular complexity index is 302. The van der Waals surface area contributed by atoms with Crippen LogP contribution in [0.15, 0.2) is 0 Å². The van der Waals surface area contributed by atoms with E-state index in [9.17, 15) is 25.5 Å². The second-order valence-corrected chi connectivity index (χ2v) is 6.23. The van der Waals surface area contributed by atoms with E-state index < -0.39 is 37.0 Å². The second kappa shape index (κ2) is 11.3. The van der Waals surface area contributed by atoms with Crippen molar-refractivity contribution in [2.24, 2.45) is 0 Å². The normalized spacial score (nSPS) is 32.9. The Balaban J connectivity index is 2.12. The van der Waals surface area contributed by atoms with Gasteiger partial charge in [-0.1, -0.05) is 45.4 Å². The van der Waals surface area contributed by atoms with Gasteiger partial charge in [-0.2, -0.15) is 0 Å². The molecule has 0 aromatic rings. The van der Waals surface area contributed by atoms with Crippen LogP contribution in [0.4, 0.5) is 0 Å². The van der Waals surface area contributed by atoms with Gasteiger partial charge in [-0.05, 0) is 12.8 Å². The number of rotatable bonds is 11. The summed E-state index contributed by atoms with van der Waals surface area (Å²) in [6.45, 7) is 2.01. The summed E-state index contributed by atoms with van der Waals surface area (Å²) in [5.41, 5.74) is 0. The van der Waals surface area contributed by atoms with Crippen LogP contribution in [0.25, 0.3) is 0 Å². The molecule has 1 saturated heterocycles. The number of ether oxygens (including phenoxy) is 2. The maximum absolute atomic E-state index is 9.76. The monoisotopic (exact) mass is 336 g/mol. The van der Waals surface area contributed by atoms with Crippen molar-refractivity contribution in [2.45, 2.75) is 95.3 Å². The first-order chi connectivity index (χ1) is 11.0. The highest BCUT2D eigenvalue weighted by Crippen LogP contribution is 2.20. The Morgan fingerprint density at radius 3 is 2.13 bits per heavy atom. The first kappa shape index (κ1) is 20.8. The van der Waals surface area contributed by atoms with Crippen LogP contribution in [0, 0.1) is 0 Å². The second-order valence-electron chi connectivity index (χ2n) is 6.23. The molecule has 1 aliphatic heterocycles. The SMILES string of the molecule is CCCCCCCCC[C@H](O)OC[C@H]1O[C@H](O)[C@H](O)[C@@H](O)[C@@H]1O. The standard InChI is InChI=1S/C16H32O7/c1-2-3-4-5-6-7-8-9-12(17)22-10-11-13(18)14(19)15(20)16(21)23-11/h11-21H,2-10H2,1H3/t11-,12-,13-,14+,15-,16+/m1/s1. The van der Waals surface area contributed by atoms with Gasteiger partial charge >= 0.3 is 0 Å². The molecule has 138 valence electrons. The molecular weight excluding hydrogens is 304 g/mol. The maximum atomic E-state index is 9.76. The van der Waals surface area contributed by atoms with Crippen molar-refractivity contribution < 1.29 is 35.0 Å². The summed E-state index contributed by atoms with van der Waals surface area (Å²) in [4.78, 5) is 0. The molecule has 23 heavy (non-hydrogen) atoms. The van der Waals surface area contributed by atoms with Crippen LogP contribution >= 0.6 is 0 Å². The molecule has 1 aliphatic rings. The van der Waals surface area contributed by atoms with Crippen LogP contribution in [-0.2, 0) is 9.47 Å². The van der Waals surface area contributed by atoms with Crippen LogP contribution in [0.1, 0.15) is 58.3 Å². The number of aliphatic hydroxyl groups is 5. The lowest BCUT2D eigenvalue weighted by atomic mass is 9.99. The molecule has 0 unspecified atom stereocenters. The van der Waals surface area contributed by atoms with E-state index in [1.54, 1.807) is 0 Å². The fraction of sp³-hybridized carbons (Fsp3) is 1.00. The smallest absolute Gasteiger partial charge is 0.184 e. The summed E-state index contributed by atoms with van der Waals surface area (Å²) < 4.78 is 10.2. The third-order valence-corrected chi connectivity index (χ3v) is 4.19. The lowest BCUT2D eigenvalue weighted by molar-refractivity contribution is -0.294. The van der Waals surface area contributed by atoms with E-state index in [1.165, 1.54) is 25.7 Å². The highest BCUT2D eigenvalue weighted by atomic mass is 16.7. The van der Waals surface area contributed by atoms with Crippen LogP contribution in [0.5, 0.6) is 0 Å². The Morgan fingerprint density at radius 2 is 1.48 bits per heavy atom. The Labute approximate surface area is 137 Å².